The summed E-state index contributed by atoms with van der Waals surface area (Å²) in [6, 6.07) is 3.94. The van der Waals surface area contributed by atoms with E-state index in [1.807, 2.05) is 6.92 Å². The maximum Gasteiger partial charge on any atom is 0.346 e. The van der Waals surface area contributed by atoms with Gasteiger partial charge in [-0.15, -0.1) is 0 Å². The van der Waals surface area contributed by atoms with Gasteiger partial charge >= 0.3 is 5.97 Å². The lowest BCUT2D eigenvalue weighted by molar-refractivity contribution is -0.132. The summed E-state index contributed by atoms with van der Waals surface area (Å²) in [5, 5.41) is 19.1. The highest BCUT2D eigenvalue weighted by atomic mass is 32.1. The molecule has 0 atom stereocenters. The third-order valence-corrected chi connectivity index (χ3v) is 7.39. The molecule has 0 bridgehead atoms. The maximum atomic E-state index is 11.1. The second kappa shape index (κ2) is 7.60. The summed E-state index contributed by atoms with van der Waals surface area (Å²) in [4.78, 5) is 13.6. The van der Waals surface area contributed by atoms with Crippen molar-refractivity contribution < 1.29 is 14.3 Å². The van der Waals surface area contributed by atoms with E-state index in [-0.39, 0.29) is 16.4 Å². The van der Waals surface area contributed by atoms with Gasteiger partial charge in [-0.25, -0.2) is 4.79 Å². The molecule has 0 radical (unpaired) electrons. The van der Waals surface area contributed by atoms with Gasteiger partial charge in [0.1, 0.15) is 17.2 Å². The first-order chi connectivity index (χ1) is 15.0. The van der Waals surface area contributed by atoms with E-state index < -0.39 is 5.97 Å². The van der Waals surface area contributed by atoms with Crippen molar-refractivity contribution in [1.29, 1.82) is 5.26 Å². The molecule has 1 aromatic carbocycles. The predicted molar refractivity (Wildman–Crippen MR) is 130 cm³/mol. The summed E-state index contributed by atoms with van der Waals surface area (Å²) in [6.07, 6.45) is 6.71. The number of hydrogen-bond acceptors (Lipinski definition) is 5. The highest BCUT2D eigenvalue weighted by molar-refractivity contribution is 7.71. The van der Waals surface area contributed by atoms with Crippen LogP contribution in [0.1, 0.15) is 62.8 Å². The van der Waals surface area contributed by atoms with Crippen LogP contribution in [0.3, 0.4) is 0 Å². The number of aryl methyl sites for hydroxylation is 1. The lowest BCUT2D eigenvalue weighted by Gasteiger charge is -2.48. The molecular formula is C26H28N2O3S. The van der Waals surface area contributed by atoms with Gasteiger partial charge in [0, 0.05) is 35.3 Å². The second-order valence-corrected chi connectivity index (χ2v) is 10.4. The van der Waals surface area contributed by atoms with Gasteiger partial charge in [0.2, 0.25) is 0 Å². The average molecular weight is 449 g/mol. The van der Waals surface area contributed by atoms with Gasteiger partial charge in [-0.05, 0) is 72.2 Å². The molecule has 0 fully saturated rings. The van der Waals surface area contributed by atoms with Crippen LogP contribution in [0.4, 0.5) is 5.69 Å². The van der Waals surface area contributed by atoms with E-state index in [0.717, 1.165) is 48.0 Å². The van der Waals surface area contributed by atoms with E-state index in [9.17, 15) is 4.79 Å². The number of carboxylic acids is 1. The van der Waals surface area contributed by atoms with Crippen molar-refractivity contribution >= 4 is 40.9 Å². The molecule has 3 heterocycles. The van der Waals surface area contributed by atoms with Gasteiger partial charge in [-0.1, -0.05) is 33.8 Å². The van der Waals surface area contributed by atoms with Crippen LogP contribution in [-0.4, -0.2) is 24.2 Å². The standard InChI is InChI=1S/C26H28N2O3S/c1-15-17(8-6-7-16(14-27)23(29)30)24(32)31-22-18(15)13-19-21-20(22)26(4,5)10-12-28(21)11-9-25(19,2)3/h6-8,13H,9-12H2,1-5H3,(H,29,30). The molecule has 0 saturated carbocycles. The third kappa shape index (κ3) is 3.45. The van der Waals surface area contributed by atoms with Crippen LogP contribution in [-0.2, 0) is 15.6 Å². The first-order valence-electron chi connectivity index (χ1n) is 10.9. The number of fused-ring (bicyclic) bond motifs is 2. The van der Waals surface area contributed by atoms with Crippen molar-refractivity contribution in [1.82, 2.24) is 0 Å². The fraction of sp³-hybridized carbons (Fsp3) is 0.423. The monoisotopic (exact) mass is 448 g/mol. The van der Waals surface area contributed by atoms with Crippen LogP contribution in [0, 0.1) is 23.0 Å². The second-order valence-electron chi connectivity index (χ2n) is 10.1. The number of carboxylic acid groups (broad SMARTS) is 1. The van der Waals surface area contributed by atoms with Crippen LogP contribution in [0.25, 0.3) is 17.0 Å². The van der Waals surface area contributed by atoms with E-state index in [2.05, 4.69) is 38.7 Å². The fourth-order valence-electron chi connectivity index (χ4n) is 4.97. The maximum absolute atomic E-state index is 11.1. The molecule has 2 aliphatic rings. The molecule has 4 rings (SSSR count). The molecule has 1 aromatic heterocycles. The minimum Gasteiger partial charge on any atom is -0.477 e. The van der Waals surface area contributed by atoms with E-state index in [1.165, 1.54) is 22.9 Å². The molecule has 0 spiro atoms. The molecule has 6 heteroatoms. The normalized spacial score (nSPS) is 19.1. The van der Waals surface area contributed by atoms with E-state index in [0.29, 0.717) is 4.71 Å². The zero-order chi connectivity index (χ0) is 23.4. The molecule has 1 N–H and O–H groups in total. The van der Waals surface area contributed by atoms with Crippen molar-refractivity contribution in [2.24, 2.45) is 0 Å². The van der Waals surface area contributed by atoms with E-state index in [4.69, 9.17) is 27.0 Å². The van der Waals surface area contributed by atoms with Gasteiger partial charge in [0.15, 0.2) is 4.71 Å². The van der Waals surface area contributed by atoms with E-state index >= 15 is 0 Å². The molecule has 0 aliphatic carbocycles. The lowest BCUT2D eigenvalue weighted by Crippen LogP contribution is -2.44. The van der Waals surface area contributed by atoms with Gasteiger partial charge < -0.3 is 14.4 Å². The van der Waals surface area contributed by atoms with Crippen LogP contribution < -0.4 is 4.90 Å². The molecular weight excluding hydrogens is 420 g/mol. The summed E-state index contributed by atoms with van der Waals surface area (Å²) in [5.41, 5.74) is 6.19. The number of hydrogen-bond donors (Lipinski definition) is 1. The zero-order valence-electron chi connectivity index (χ0n) is 19.2. The Morgan fingerprint density at radius 3 is 2.53 bits per heavy atom. The Morgan fingerprint density at radius 1 is 1.25 bits per heavy atom. The summed E-state index contributed by atoms with van der Waals surface area (Å²) in [7, 11) is 0. The van der Waals surface area contributed by atoms with Crippen molar-refractivity contribution in [2.45, 2.75) is 58.3 Å². The molecule has 5 nitrogen and oxygen atoms in total. The van der Waals surface area contributed by atoms with Crippen LogP contribution in [0.5, 0.6) is 0 Å². The Morgan fingerprint density at radius 2 is 1.91 bits per heavy atom. The molecule has 2 aromatic rings. The van der Waals surface area contributed by atoms with Crippen LogP contribution in [0.2, 0.25) is 0 Å². The molecule has 0 amide bonds. The molecule has 0 saturated heterocycles. The van der Waals surface area contributed by atoms with Crippen molar-refractivity contribution in [3.05, 3.63) is 50.8 Å². The highest BCUT2D eigenvalue weighted by Crippen LogP contribution is 2.52. The summed E-state index contributed by atoms with van der Waals surface area (Å²) < 4.78 is 6.68. The number of allylic oxidation sites excluding steroid dienone is 2. The molecule has 0 unspecified atom stereocenters. The molecule has 166 valence electrons. The number of rotatable bonds is 3. The van der Waals surface area contributed by atoms with Gasteiger partial charge in [0.25, 0.3) is 0 Å². The topological polar surface area (TPSA) is 77.5 Å². The number of nitriles is 1. The van der Waals surface area contributed by atoms with Gasteiger partial charge in [-0.2, -0.15) is 5.26 Å². The zero-order valence-corrected chi connectivity index (χ0v) is 20.0. The van der Waals surface area contributed by atoms with Crippen LogP contribution in [0.15, 0.2) is 28.2 Å². The largest absolute Gasteiger partial charge is 0.477 e. The number of carbonyl (C=O) groups is 1. The molecule has 2 aliphatic heterocycles. The number of aliphatic carboxylic acids is 1. The van der Waals surface area contributed by atoms with Crippen molar-refractivity contribution in [3.8, 4) is 6.07 Å². The number of anilines is 1. The van der Waals surface area contributed by atoms with Crippen molar-refractivity contribution in [2.75, 3.05) is 18.0 Å². The first kappa shape index (κ1) is 22.3. The summed E-state index contributed by atoms with van der Waals surface area (Å²) >= 11 is 5.62. The Hall–Kier alpha value is -2.91. The van der Waals surface area contributed by atoms with E-state index in [1.54, 1.807) is 18.2 Å². The van der Waals surface area contributed by atoms with Gasteiger partial charge in [0.05, 0.1) is 0 Å². The smallest absolute Gasteiger partial charge is 0.346 e. The number of benzene rings is 1. The Labute approximate surface area is 193 Å². The van der Waals surface area contributed by atoms with Crippen LogP contribution >= 0.6 is 12.2 Å². The predicted octanol–water partition coefficient (Wildman–Crippen LogP) is 6.19. The highest BCUT2D eigenvalue weighted by Gasteiger charge is 2.42. The third-order valence-electron chi connectivity index (χ3n) is 7.09. The first-order valence-corrected chi connectivity index (χ1v) is 11.3. The molecule has 32 heavy (non-hydrogen) atoms. The fourth-order valence-corrected chi connectivity index (χ4v) is 5.28. The Bertz CT molecular complexity index is 1300. The summed E-state index contributed by atoms with van der Waals surface area (Å²) in [5.74, 6) is -1.25. The average Bonchev–Trinajstić information content (AvgIpc) is 2.71. The summed E-state index contributed by atoms with van der Waals surface area (Å²) in [6.45, 7) is 13.3. The Kier molecular flexibility index (Phi) is 5.29. The quantitative estimate of drug-likeness (QED) is 0.261. The lowest BCUT2D eigenvalue weighted by atomic mass is 9.69. The van der Waals surface area contributed by atoms with Crippen molar-refractivity contribution in [3.63, 3.8) is 0 Å². The number of nitrogens with zero attached hydrogens (tertiary/aromatic N) is 2. The Balaban J connectivity index is 2.01. The van der Waals surface area contributed by atoms with Gasteiger partial charge in [-0.3, -0.25) is 0 Å². The minimum absolute atomic E-state index is 0.0332. The SMILES string of the molecule is Cc1c(C=CC=C(C#N)C(=O)O)c(=S)oc2c3c4c(cc12)C(C)(C)CCN4CCC3(C)C. The minimum atomic E-state index is -1.25.